The van der Waals surface area contributed by atoms with E-state index < -0.39 is 0 Å². The zero-order valence-electron chi connectivity index (χ0n) is 13.8. The molecule has 0 aliphatic carbocycles. The minimum Gasteiger partial charge on any atom is -0.357 e. The topological polar surface area (TPSA) is 44.8 Å². The average molecular weight is 319 g/mol. The number of rotatable bonds is 11. The van der Waals surface area contributed by atoms with Crippen LogP contribution < -0.4 is 4.90 Å². The summed E-state index contributed by atoms with van der Waals surface area (Å²) in [7, 11) is 0. The fourth-order valence-electron chi connectivity index (χ4n) is 2.52. The van der Waals surface area contributed by atoms with E-state index in [0.717, 1.165) is 43.1 Å². The molecular weight excluding hydrogens is 292 g/mol. The second kappa shape index (κ2) is 9.62. The number of thiazole rings is 1. The molecule has 2 aromatic rings. The van der Waals surface area contributed by atoms with E-state index in [1.165, 1.54) is 32.1 Å². The van der Waals surface area contributed by atoms with Crippen LogP contribution in [0.5, 0.6) is 0 Å². The van der Waals surface area contributed by atoms with Gasteiger partial charge in [0.05, 0.1) is 11.4 Å². The van der Waals surface area contributed by atoms with Crippen LogP contribution in [0.15, 0.2) is 11.4 Å². The highest BCUT2D eigenvalue weighted by Gasteiger charge is 2.10. The number of nitrogens with one attached hydrogen (secondary N) is 1. The van der Waals surface area contributed by atoms with Crippen molar-refractivity contribution in [2.24, 2.45) is 0 Å². The molecule has 4 nitrogen and oxygen atoms in total. The third kappa shape index (κ3) is 5.44. The summed E-state index contributed by atoms with van der Waals surface area (Å²) in [6.07, 6.45) is 8.47. The Kier molecular flexibility index (Phi) is 7.43. The van der Waals surface area contributed by atoms with Crippen molar-refractivity contribution in [2.45, 2.75) is 58.8 Å². The molecule has 0 aliphatic heterocycles. The van der Waals surface area contributed by atoms with Crippen molar-refractivity contribution in [3.8, 4) is 0 Å². The smallest absolute Gasteiger partial charge is 0.152 e. The van der Waals surface area contributed by atoms with E-state index in [0.29, 0.717) is 0 Å². The molecule has 0 spiro atoms. The minimum atomic E-state index is 0.968. The van der Waals surface area contributed by atoms with E-state index >= 15 is 0 Å². The van der Waals surface area contributed by atoms with Gasteiger partial charge in [-0.1, -0.05) is 39.5 Å². The standard InChI is InChI=1S/C17H27N4S/c1-3-5-6-7-8-10-21(11-9-16-13-22-14-18-16)17-12-15(4-2)19-20-17/h12-13H,3-11H2,1-2H3,(H,19,20). The summed E-state index contributed by atoms with van der Waals surface area (Å²) < 4.78 is 0. The van der Waals surface area contributed by atoms with Gasteiger partial charge < -0.3 is 4.90 Å². The first-order valence-corrected chi connectivity index (χ1v) is 9.31. The van der Waals surface area contributed by atoms with Crippen LogP contribution in [-0.4, -0.2) is 28.3 Å². The van der Waals surface area contributed by atoms with E-state index in [1.807, 2.05) is 0 Å². The van der Waals surface area contributed by atoms with E-state index in [2.05, 4.69) is 50.9 Å². The predicted octanol–water partition coefficient (Wildman–Crippen LogP) is 4.25. The Labute approximate surface area is 138 Å². The Morgan fingerprint density at radius 1 is 1.14 bits per heavy atom. The van der Waals surface area contributed by atoms with Gasteiger partial charge in [0.2, 0.25) is 0 Å². The maximum atomic E-state index is 4.37. The molecule has 2 aromatic heterocycles. The second-order valence-electron chi connectivity index (χ2n) is 5.68. The Morgan fingerprint density at radius 3 is 2.68 bits per heavy atom. The third-order valence-electron chi connectivity index (χ3n) is 3.93. The maximum absolute atomic E-state index is 4.37. The highest BCUT2D eigenvalue weighted by atomic mass is 32.1. The summed E-state index contributed by atoms with van der Waals surface area (Å²) in [5.41, 5.74) is 5.19. The van der Waals surface area contributed by atoms with Gasteiger partial charge in [-0.25, -0.2) is 4.98 Å². The number of aromatic nitrogens is 3. The molecule has 121 valence electrons. The van der Waals surface area contributed by atoms with Gasteiger partial charge in [-0.2, -0.15) is 5.10 Å². The third-order valence-corrected chi connectivity index (χ3v) is 4.51. The van der Waals surface area contributed by atoms with Gasteiger partial charge in [-0.3, -0.25) is 5.10 Å². The lowest BCUT2D eigenvalue weighted by Gasteiger charge is -2.22. The normalized spacial score (nSPS) is 11.0. The van der Waals surface area contributed by atoms with Crippen LogP contribution in [0.3, 0.4) is 0 Å². The predicted molar refractivity (Wildman–Crippen MR) is 93.6 cm³/mol. The number of H-pyrrole nitrogens is 1. The molecule has 1 N–H and O–H groups in total. The molecule has 1 radical (unpaired) electrons. The van der Waals surface area contributed by atoms with Crippen molar-refractivity contribution < 1.29 is 0 Å². The van der Waals surface area contributed by atoms with Crippen LogP contribution in [0.25, 0.3) is 0 Å². The molecule has 5 heteroatoms. The SMILES string of the molecule is CCCCCCCN(CCc1cs[c]n1)c1cc(CC)n[nH]1. The van der Waals surface area contributed by atoms with Gasteiger partial charge in [-0.15, -0.1) is 11.3 Å². The summed E-state index contributed by atoms with van der Waals surface area (Å²) >= 11 is 1.55. The monoisotopic (exact) mass is 319 g/mol. The molecule has 22 heavy (non-hydrogen) atoms. The van der Waals surface area contributed by atoms with Crippen LogP contribution in [0.1, 0.15) is 57.3 Å². The average Bonchev–Trinajstić information content (AvgIpc) is 3.21. The van der Waals surface area contributed by atoms with Gasteiger partial charge in [0.25, 0.3) is 0 Å². The van der Waals surface area contributed by atoms with Gasteiger partial charge >= 0.3 is 0 Å². The first-order chi connectivity index (χ1) is 10.8. The molecule has 2 heterocycles. The molecular formula is C17H27N4S. The minimum absolute atomic E-state index is 0.968. The molecule has 0 atom stereocenters. The maximum Gasteiger partial charge on any atom is 0.152 e. The molecule has 0 fully saturated rings. The molecule has 0 saturated heterocycles. The first kappa shape index (κ1) is 17.0. The first-order valence-electron chi connectivity index (χ1n) is 8.43. The van der Waals surface area contributed by atoms with E-state index in [4.69, 9.17) is 0 Å². The molecule has 0 aromatic carbocycles. The van der Waals surface area contributed by atoms with Crippen molar-refractivity contribution in [1.29, 1.82) is 0 Å². The van der Waals surface area contributed by atoms with Crippen LogP contribution in [0.2, 0.25) is 0 Å². The number of unbranched alkanes of at least 4 members (excludes halogenated alkanes) is 4. The van der Waals surface area contributed by atoms with Crippen molar-refractivity contribution in [3.63, 3.8) is 0 Å². The largest absolute Gasteiger partial charge is 0.357 e. The molecule has 0 bridgehead atoms. The van der Waals surface area contributed by atoms with Gasteiger partial charge in [0, 0.05) is 31.0 Å². The number of anilines is 1. The quantitative estimate of drug-likeness (QED) is 0.630. The zero-order valence-corrected chi connectivity index (χ0v) is 14.6. The number of aromatic amines is 1. The Bertz CT molecular complexity index is 506. The molecule has 0 amide bonds. The van der Waals surface area contributed by atoms with Crippen LogP contribution in [0, 0.1) is 5.51 Å². The lowest BCUT2D eigenvalue weighted by Crippen LogP contribution is -2.27. The molecule has 2 rings (SSSR count). The van der Waals surface area contributed by atoms with Crippen LogP contribution in [-0.2, 0) is 12.8 Å². The Hall–Kier alpha value is -1.36. The molecule has 0 aliphatic rings. The van der Waals surface area contributed by atoms with Crippen LogP contribution in [0.4, 0.5) is 5.82 Å². The van der Waals surface area contributed by atoms with Gasteiger partial charge in [0.15, 0.2) is 5.51 Å². The van der Waals surface area contributed by atoms with Crippen molar-refractivity contribution >= 4 is 17.2 Å². The van der Waals surface area contributed by atoms with Crippen LogP contribution >= 0.6 is 11.3 Å². The number of nitrogens with zero attached hydrogens (tertiary/aromatic N) is 3. The van der Waals surface area contributed by atoms with E-state index in [9.17, 15) is 0 Å². The van der Waals surface area contributed by atoms with Crippen molar-refractivity contribution in [1.82, 2.24) is 15.2 Å². The van der Waals surface area contributed by atoms with Gasteiger partial charge in [0.1, 0.15) is 5.82 Å². The van der Waals surface area contributed by atoms with E-state index in [1.54, 1.807) is 11.3 Å². The number of aryl methyl sites for hydroxylation is 1. The van der Waals surface area contributed by atoms with Crippen molar-refractivity contribution in [3.05, 3.63) is 28.3 Å². The summed E-state index contributed by atoms with van der Waals surface area (Å²) in [5, 5.41) is 9.65. The van der Waals surface area contributed by atoms with E-state index in [-0.39, 0.29) is 0 Å². The molecule has 0 saturated carbocycles. The lowest BCUT2D eigenvalue weighted by atomic mass is 10.1. The highest BCUT2D eigenvalue weighted by Crippen LogP contribution is 2.15. The summed E-state index contributed by atoms with van der Waals surface area (Å²) in [4.78, 5) is 6.68. The number of hydrogen-bond acceptors (Lipinski definition) is 4. The fraction of sp³-hybridized carbons (Fsp3) is 0.647. The van der Waals surface area contributed by atoms with Crippen molar-refractivity contribution in [2.75, 3.05) is 18.0 Å². The second-order valence-corrected chi connectivity index (χ2v) is 6.33. The summed E-state index contributed by atoms with van der Waals surface area (Å²) in [5.74, 6) is 1.14. The lowest BCUT2D eigenvalue weighted by molar-refractivity contribution is 0.614. The van der Waals surface area contributed by atoms with Gasteiger partial charge in [-0.05, 0) is 12.8 Å². The summed E-state index contributed by atoms with van der Waals surface area (Å²) in [6, 6.07) is 2.18. The Morgan fingerprint density at radius 2 is 2.00 bits per heavy atom. The Balaban J connectivity index is 1.87. The fourth-order valence-corrected chi connectivity index (χ4v) is 3.05. The zero-order chi connectivity index (χ0) is 15.6. The molecule has 0 unspecified atom stereocenters. The number of hydrogen-bond donors (Lipinski definition) is 1. The highest BCUT2D eigenvalue weighted by molar-refractivity contribution is 7.07. The summed E-state index contributed by atoms with van der Waals surface area (Å²) in [6.45, 7) is 6.47.